The van der Waals surface area contributed by atoms with Crippen molar-refractivity contribution in [1.29, 1.82) is 0 Å². The highest BCUT2D eigenvalue weighted by Gasteiger charge is 2.22. The minimum absolute atomic E-state index is 0.0634. The van der Waals surface area contributed by atoms with Crippen molar-refractivity contribution in [1.82, 2.24) is 10.6 Å². The van der Waals surface area contributed by atoms with Crippen molar-refractivity contribution in [3.05, 3.63) is 35.4 Å². The zero-order valence-corrected chi connectivity index (χ0v) is 13.7. The largest absolute Gasteiger partial charge is 0.349 e. The molecule has 0 aromatic heterocycles. The third-order valence-electron chi connectivity index (χ3n) is 4.30. The highest BCUT2D eigenvalue weighted by Crippen LogP contribution is 2.24. The fraction of sp³-hybridized carbons (Fsp3) is 0.611. The molecule has 1 heterocycles. The van der Waals surface area contributed by atoms with Gasteiger partial charge in [-0.25, -0.2) is 0 Å². The van der Waals surface area contributed by atoms with E-state index in [2.05, 4.69) is 62.6 Å². The summed E-state index contributed by atoms with van der Waals surface area (Å²) in [6, 6.07) is 8.66. The van der Waals surface area contributed by atoms with Crippen LogP contribution in [0.3, 0.4) is 0 Å². The summed E-state index contributed by atoms with van der Waals surface area (Å²) in [6.07, 6.45) is 2.08. The normalized spacial score (nSPS) is 20.9. The first kappa shape index (κ1) is 16.0. The Morgan fingerprint density at radius 1 is 1.29 bits per heavy atom. The summed E-state index contributed by atoms with van der Waals surface area (Å²) in [6.45, 7) is 10.5. The first-order valence-corrected chi connectivity index (χ1v) is 7.99. The lowest BCUT2D eigenvalue weighted by Crippen LogP contribution is -2.41. The summed E-state index contributed by atoms with van der Waals surface area (Å²) < 4.78 is 0. The summed E-state index contributed by atoms with van der Waals surface area (Å²) >= 11 is 0. The van der Waals surface area contributed by atoms with Crippen molar-refractivity contribution in [3.8, 4) is 0 Å². The Kier molecular flexibility index (Phi) is 5.04. The van der Waals surface area contributed by atoms with Gasteiger partial charge in [-0.3, -0.25) is 4.79 Å². The van der Waals surface area contributed by atoms with Crippen LogP contribution in [0.25, 0.3) is 0 Å². The smallest absolute Gasteiger partial charge is 0.224 e. The zero-order chi connectivity index (χ0) is 15.5. The molecule has 0 saturated carbocycles. The van der Waals surface area contributed by atoms with Gasteiger partial charge in [-0.2, -0.15) is 0 Å². The second kappa shape index (κ2) is 6.61. The number of hydrogen-bond donors (Lipinski definition) is 2. The van der Waals surface area contributed by atoms with Gasteiger partial charge in [0, 0.05) is 6.54 Å². The van der Waals surface area contributed by atoms with E-state index in [4.69, 9.17) is 0 Å². The van der Waals surface area contributed by atoms with Crippen LogP contribution in [0.5, 0.6) is 0 Å². The third-order valence-corrected chi connectivity index (χ3v) is 4.30. The predicted octanol–water partition coefficient (Wildman–Crippen LogP) is 3.16. The van der Waals surface area contributed by atoms with Crippen LogP contribution < -0.4 is 10.6 Å². The number of carbonyl (C=O) groups excluding carboxylic acids is 1. The van der Waals surface area contributed by atoms with Gasteiger partial charge in [-0.1, -0.05) is 45.0 Å². The van der Waals surface area contributed by atoms with Gasteiger partial charge in [0.2, 0.25) is 5.91 Å². The van der Waals surface area contributed by atoms with Crippen LogP contribution in [0, 0.1) is 5.92 Å². The average Bonchev–Trinajstić information content (AvgIpc) is 2.47. The molecule has 21 heavy (non-hydrogen) atoms. The molecule has 1 unspecified atom stereocenters. The van der Waals surface area contributed by atoms with E-state index in [-0.39, 0.29) is 23.3 Å². The number of rotatable bonds is 3. The highest BCUT2D eigenvalue weighted by molar-refractivity contribution is 5.79. The van der Waals surface area contributed by atoms with E-state index in [0.717, 1.165) is 25.9 Å². The van der Waals surface area contributed by atoms with Crippen molar-refractivity contribution in [2.75, 3.05) is 13.1 Å². The lowest BCUT2D eigenvalue weighted by molar-refractivity contribution is -0.126. The molecule has 3 nitrogen and oxygen atoms in total. The monoisotopic (exact) mass is 288 g/mol. The van der Waals surface area contributed by atoms with Crippen molar-refractivity contribution in [2.24, 2.45) is 5.92 Å². The minimum Gasteiger partial charge on any atom is -0.349 e. The number of benzene rings is 1. The third kappa shape index (κ3) is 4.31. The molecule has 2 rings (SSSR count). The van der Waals surface area contributed by atoms with Gasteiger partial charge in [-0.15, -0.1) is 0 Å². The molecule has 0 bridgehead atoms. The fourth-order valence-electron chi connectivity index (χ4n) is 2.76. The Morgan fingerprint density at radius 2 is 1.95 bits per heavy atom. The molecular weight excluding hydrogens is 260 g/mol. The van der Waals surface area contributed by atoms with E-state index in [1.165, 1.54) is 11.1 Å². The molecule has 1 fully saturated rings. The van der Waals surface area contributed by atoms with Gasteiger partial charge in [-0.05, 0) is 42.9 Å². The summed E-state index contributed by atoms with van der Waals surface area (Å²) in [5, 5.41) is 6.44. The first-order chi connectivity index (χ1) is 9.88. The SMILES string of the molecule is CC(NC(=O)[C@@H]1CCCNC1)c1ccc(C(C)(C)C)cc1. The van der Waals surface area contributed by atoms with Gasteiger partial charge in [0.15, 0.2) is 0 Å². The van der Waals surface area contributed by atoms with Crippen molar-refractivity contribution >= 4 is 5.91 Å². The molecule has 1 aromatic rings. The molecule has 0 spiro atoms. The van der Waals surface area contributed by atoms with Crippen LogP contribution in [-0.2, 0) is 10.2 Å². The Bertz CT molecular complexity index is 467. The quantitative estimate of drug-likeness (QED) is 0.897. The Hall–Kier alpha value is -1.35. The number of carbonyl (C=O) groups is 1. The summed E-state index contributed by atoms with van der Waals surface area (Å²) in [5.74, 6) is 0.296. The van der Waals surface area contributed by atoms with Gasteiger partial charge in [0.25, 0.3) is 0 Å². The van der Waals surface area contributed by atoms with Crippen LogP contribution in [-0.4, -0.2) is 19.0 Å². The molecule has 0 radical (unpaired) electrons. The van der Waals surface area contributed by atoms with E-state index < -0.39 is 0 Å². The first-order valence-electron chi connectivity index (χ1n) is 7.99. The van der Waals surface area contributed by atoms with E-state index >= 15 is 0 Å². The lowest BCUT2D eigenvalue weighted by atomic mass is 9.86. The maximum absolute atomic E-state index is 12.3. The minimum atomic E-state index is 0.0634. The lowest BCUT2D eigenvalue weighted by Gasteiger charge is -2.25. The molecule has 2 atom stereocenters. The maximum atomic E-state index is 12.3. The number of hydrogen-bond acceptors (Lipinski definition) is 2. The van der Waals surface area contributed by atoms with Gasteiger partial charge in [0.1, 0.15) is 0 Å². The van der Waals surface area contributed by atoms with Gasteiger partial charge < -0.3 is 10.6 Å². The van der Waals surface area contributed by atoms with Crippen LogP contribution in [0.1, 0.15) is 57.7 Å². The van der Waals surface area contributed by atoms with E-state index in [1.807, 2.05) is 0 Å². The molecule has 116 valence electrons. The molecule has 1 amide bonds. The van der Waals surface area contributed by atoms with E-state index in [9.17, 15) is 4.79 Å². The molecule has 2 N–H and O–H groups in total. The number of nitrogens with one attached hydrogen (secondary N) is 2. The average molecular weight is 288 g/mol. The number of piperidine rings is 1. The highest BCUT2D eigenvalue weighted by atomic mass is 16.1. The molecular formula is C18H28N2O. The second-order valence-corrected chi connectivity index (χ2v) is 7.15. The Labute approximate surface area is 128 Å². The second-order valence-electron chi connectivity index (χ2n) is 7.15. The molecule has 0 aliphatic carbocycles. The standard InChI is InChI=1S/C18H28N2O/c1-13(20-17(21)15-6-5-11-19-12-15)14-7-9-16(10-8-14)18(2,3)4/h7-10,13,15,19H,5-6,11-12H2,1-4H3,(H,20,21)/t13?,15-/m1/s1. The van der Waals surface area contributed by atoms with Crippen LogP contribution in [0.15, 0.2) is 24.3 Å². The van der Waals surface area contributed by atoms with Crippen LogP contribution >= 0.6 is 0 Å². The summed E-state index contributed by atoms with van der Waals surface area (Å²) in [7, 11) is 0. The molecule has 3 heteroatoms. The topological polar surface area (TPSA) is 41.1 Å². The van der Waals surface area contributed by atoms with Crippen molar-refractivity contribution < 1.29 is 4.79 Å². The fourth-order valence-corrected chi connectivity index (χ4v) is 2.76. The molecule has 1 aliphatic heterocycles. The maximum Gasteiger partial charge on any atom is 0.224 e. The van der Waals surface area contributed by atoms with Crippen molar-refractivity contribution in [2.45, 2.75) is 52.0 Å². The molecule has 1 aromatic carbocycles. The molecule has 1 saturated heterocycles. The van der Waals surface area contributed by atoms with Crippen LogP contribution in [0.4, 0.5) is 0 Å². The van der Waals surface area contributed by atoms with Crippen LogP contribution in [0.2, 0.25) is 0 Å². The summed E-state index contributed by atoms with van der Waals surface area (Å²) in [4.78, 5) is 12.3. The van der Waals surface area contributed by atoms with Crippen molar-refractivity contribution in [3.63, 3.8) is 0 Å². The van der Waals surface area contributed by atoms with Gasteiger partial charge >= 0.3 is 0 Å². The van der Waals surface area contributed by atoms with E-state index in [1.54, 1.807) is 0 Å². The Morgan fingerprint density at radius 3 is 2.48 bits per heavy atom. The molecule has 1 aliphatic rings. The van der Waals surface area contributed by atoms with E-state index in [0.29, 0.717) is 0 Å². The summed E-state index contributed by atoms with van der Waals surface area (Å²) in [5.41, 5.74) is 2.65. The Balaban J connectivity index is 1.96. The number of amides is 1. The predicted molar refractivity (Wildman–Crippen MR) is 87.3 cm³/mol. The zero-order valence-electron chi connectivity index (χ0n) is 13.7. The van der Waals surface area contributed by atoms with Gasteiger partial charge in [0.05, 0.1) is 12.0 Å².